The highest BCUT2D eigenvalue weighted by molar-refractivity contribution is 5.90. The summed E-state index contributed by atoms with van der Waals surface area (Å²) in [5.74, 6) is 0.478. The molecule has 0 radical (unpaired) electrons. The number of hydrogen-bond acceptors (Lipinski definition) is 2. The van der Waals surface area contributed by atoms with Crippen molar-refractivity contribution >= 4 is 5.78 Å². The largest absolute Gasteiger partial charge is 0.358 e. The van der Waals surface area contributed by atoms with Crippen LogP contribution in [0.15, 0.2) is 12.7 Å². The van der Waals surface area contributed by atoms with Gasteiger partial charge in [-0.3, -0.25) is 4.79 Å². The molecule has 0 aromatic carbocycles. The summed E-state index contributed by atoms with van der Waals surface area (Å²) in [6.07, 6.45) is 4.55. The van der Waals surface area contributed by atoms with Crippen molar-refractivity contribution in [2.75, 3.05) is 0 Å². The molecule has 0 N–H and O–H groups in total. The third-order valence-electron chi connectivity index (χ3n) is 2.99. The van der Waals surface area contributed by atoms with Crippen LogP contribution in [0.5, 0.6) is 0 Å². The van der Waals surface area contributed by atoms with Crippen LogP contribution < -0.4 is 0 Å². The van der Waals surface area contributed by atoms with Crippen LogP contribution in [0.4, 0.5) is 0 Å². The highest BCUT2D eigenvalue weighted by Crippen LogP contribution is 2.47. The molecular formula is C10H14O2. The van der Waals surface area contributed by atoms with Crippen LogP contribution in [0.2, 0.25) is 0 Å². The maximum Gasteiger partial charge on any atom is 0.167 e. The van der Waals surface area contributed by atoms with Gasteiger partial charge in [-0.1, -0.05) is 6.08 Å². The fraction of sp³-hybridized carbons (Fsp3) is 0.700. The molecule has 3 unspecified atom stereocenters. The second-order valence-electron chi connectivity index (χ2n) is 3.97. The first-order valence-electron chi connectivity index (χ1n) is 4.50. The summed E-state index contributed by atoms with van der Waals surface area (Å²) in [4.78, 5) is 11.6. The summed E-state index contributed by atoms with van der Waals surface area (Å²) in [5, 5.41) is 0. The van der Waals surface area contributed by atoms with Crippen molar-refractivity contribution < 1.29 is 9.53 Å². The van der Waals surface area contributed by atoms with Gasteiger partial charge >= 0.3 is 0 Å². The lowest BCUT2D eigenvalue weighted by atomic mass is 9.80. The average molecular weight is 166 g/mol. The standard InChI is InChI=1S/C10H14O2/c1-3-4-7-5-6-10(2)9(12-10)8(7)11/h3,7,9H,1,4-6H2,2H3. The molecule has 66 valence electrons. The molecule has 0 aromatic heterocycles. The van der Waals surface area contributed by atoms with E-state index in [2.05, 4.69) is 6.58 Å². The minimum absolute atomic E-state index is 0.0869. The van der Waals surface area contributed by atoms with Crippen LogP contribution in [0.3, 0.4) is 0 Å². The summed E-state index contributed by atoms with van der Waals surface area (Å²) in [7, 11) is 0. The molecule has 1 aliphatic heterocycles. The van der Waals surface area contributed by atoms with Crippen molar-refractivity contribution in [3.8, 4) is 0 Å². The van der Waals surface area contributed by atoms with Crippen molar-refractivity contribution in [2.45, 2.75) is 37.9 Å². The Morgan fingerprint density at radius 1 is 1.83 bits per heavy atom. The quantitative estimate of drug-likeness (QED) is 0.461. The first kappa shape index (κ1) is 7.99. The molecule has 2 rings (SSSR count). The molecule has 1 heterocycles. The second-order valence-corrected chi connectivity index (χ2v) is 3.97. The topological polar surface area (TPSA) is 29.6 Å². The van der Waals surface area contributed by atoms with Crippen LogP contribution in [-0.2, 0) is 9.53 Å². The zero-order chi connectivity index (χ0) is 8.77. The zero-order valence-corrected chi connectivity index (χ0v) is 7.38. The number of fused-ring (bicyclic) bond motifs is 1. The molecule has 1 saturated heterocycles. The fourth-order valence-electron chi connectivity index (χ4n) is 2.04. The Bertz CT molecular complexity index is 234. The zero-order valence-electron chi connectivity index (χ0n) is 7.38. The van der Waals surface area contributed by atoms with E-state index < -0.39 is 0 Å². The Kier molecular flexibility index (Phi) is 1.62. The van der Waals surface area contributed by atoms with Gasteiger partial charge in [-0.15, -0.1) is 6.58 Å². The average Bonchev–Trinajstić information content (AvgIpc) is 2.71. The van der Waals surface area contributed by atoms with Crippen LogP contribution in [0.25, 0.3) is 0 Å². The van der Waals surface area contributed by atoms with Gasteiger partial charge in [-0.2, -0.15) is 0 Å². The summed E-state index contributed by atoms with van der Waals surface area (Å²) < 4.78 is 5.37. The normalized spacial score (nSPS) is 45.2. The summed E-state index contributed by atoms with van der Waals surface area (Å²) in [6, 6.07) is 0. The first-order valence-corrected chi connectivity index (χ1v) is 4.50. The van der Waals surface area contributed by atoms with Crippen molar-refractivity contribution in [1.82, 2.24) is 0 Å². The number of ether oxygens (including phenoxy) is 1. The van der Waals surface area contributed by atoms with Crippen molar-refractivity contribution in [2.24, 2.45) is 5.92 Å². The monoisotopic (exact) mass is 166 g/mol. The third kappa shape index (κ3) is 1.02. The van der Waals surface area contributed by atoms with Gasteiger partial charge in [0.2, 0.25) is 0 Å². The third-order valence-corrected chi connectivity index (χ3v) is 2.99. The minimum Gasteiger partial charge on any atom is -0.358 e. The van der Waals surface area contributed by atoms with Gasteiger partial charge in [0.15, 0.2) is 5.78 Å². The number of Topliss-reactive ketones (excluding diaryl/α,β-unsaturated/α-hetero) is 1. The van der Waals surface area contributed by atoms with E-state index in [9.17, 15) is 4.79 Å². The van der Waals surface area contributed by atoms with Gasteiger partial charge in [0, 0.05) is 5.92 Å². The molecule has 12 heavy (non-hydrogen) atoms. The number of epoxide rings is 1. The van der Waals surface area contributed by atoms with E-state index in [1.165, 1.54) is 0 Å². The lowest BCUT2D eigenvalue weighted by Crippen LogP contribution is -2.31. The Balaban J connectivity index is 2.04. The maximum atomic E-state index is 11.6. The van der Waals surface area contributed by atoms with Crippen molar-refractivity contribution in [3.63, 3.8) is 0 Å². The van der Waals surface area contributed by atoms with Crippen molar-refractivity contribution in [3.05, 3.63) is 12.7 Å². The van der Waals surface area contributed by atoms with E-state index >= 15 is 0 Å². The molecular weight excluding hydrogens is 152 g/mol. The predicted octanol–water partition coefficient (Wildman–Crippen LogP) is 1.70. The van der Waals surface area contributed by atoms with Crippen LogP contribution >= 0.6 is 0 Å². The number of carbonyl (C=O) groups excluding carboxylic acids is 1. The molecule has 1 saturated carbocycles. The van der Waals surface area contributed by atoms with Crippen LogP contribution in [0, 0.1) is 5.92 Å². The molecule has 2 heteroatoms. The van der Waals surface area contributed by atoms with Gasteiger partial charge in [-0.05, 0) is 26.2 Å². The highest BCUT2D eigenvalue weighted by atomic mass is 16.6. The molecule has 2 nitrogen and oxygen atoms in total. The van der Waals surface area contributed by atoms with E-state index in [1.807, 2.05) is 13.0 Å². The molecule has 3 atom stereocenters. The molecule has 0 amide bonds. The smallest absolute Gasteiger partial charge is 0.167 e. The SMILES string of the molecule is C=CCC1CCC2(C)OC2C1=O. The summed E-state index contributed by atoms with van der Waals surface area (Å²) in [5.41, 5.74) is -0.0885. The first-order chi connectivity index (χ1) is 5.67. The molecule has 2 fully saturated rings. The summed E-state index contributed by atoms with van der Waals surface area (Å²) >= 11 is 0. The van der Waals surface area contributed by atoms with Gasteiger partial charge < -0.3 is 4.74 Å². The Labute approximate surface area is 72.6 Å². The van der Waals surface area contributed by atoms with Gasteiger partial charge in [0.25, 0.3) is 0 Å². The second kappa shape index (κ2) is 2.43. The number of hydrogen-bond donors (Lipinski definition) is 0. The molecule has 0 bridgehead atoms. The van der Waals surface area contributed by atoms with Gasteiger partial charge in [0.1, 0.15) is 6.10 Å². The highest BCUT2D eigenvalue weighted by Gasteiger charge is 2.60. The number of allylic oxidation sites excluding steroid dienone is 1. The lowest BCUT2D eigenvalue weighted by Gasteiger charge is -2.19. The van der Waals surface area contributed by atoms with Crippen molar-refractivity contribution in [1.29, 1.82) is 0 Å². The Morgan fingerprint density at radius 3 is 3.25 bits per heavy atom. The van der Waals surface area contributed by atoms with Gasteiger partial charge in [-0.25, -0.2) is 0 Å². The Hall–Kier alpha value is -0.630. The van der Waals surface area contributed by atoms with E-state index in [1.54, 1.807) is 0 Å². The van der Waals surface area contributed by atoms with Gasteiger partial charge in [0.05, 0.1) is 5.60 Å². The minimum atomic E-state index is -0.0885. The number of ketones is 1. The van der Waals surface area contributed by atoms with E-state index in [-0.39, 0.29) is 17.6 Å². The van der Waals surface area contributed by atoms with E-state index in [0.29, 0.717) is 5.78 Å². The Morgan fingerprint density at radius 2 is 2.58 bits per heavy atom. The lowest BCUT2D eigenvalue weighted by molar-refractivity contribution is -0.124. The molecule has 1 aliphatic carbocycles. The molecule has 2 aliphatic rings. The fourth-order valence-corrected chi connectivity index (χ4v) is 2.04. The predicted molar refractivity (Wildman–Crippen MR) is 45.8 cm³/mol. The number of rotatable bonds is 2. The van der Waals surface area contributed by atoms with E-state index in [4.69, 9.17) is 4.74 Å². The molecule has 0 spiro atoms. The van der Waals surface area contributed by atoms with E-state index in [0.717, 1.165) is 19.3 Å². The summed E-state index contributed by atoms with van der Waals surface area (Å²) in [6.45, 7) is 5.68. The van der Waals surface area contributed by atoms with Crippen LogP contribution in [0.1, 0.15) is 26.2 Å². The molecule has 0 aromatic rings. The van der Waals surface area contributed by atoms with Crippen LogP contribution in [-0.4, -0.2) is 17.5 Å². The number of carbonyl (C=O) groups is 1. The maximum absolute atomic E-state index is 11.6.